The number of nitriles is 1. The van der Waals surface area contributed by atoms with Crippen LogP contribution in [0.2, 0.25) is 0 Å². The number of anilines is 1. The minimum absolute atomic E-state index is 0.0245. The van der Waals surface area contributed by atoms with Crippen LogP contribution in [0.25, 0.3) is 0 Å². The quantitative estimate of drug-likeness (QED) is 0.427. The lowest BCUT2D eigenvalue weighted by Crippen LogP contribution is -2.40. The van der Waals surface area contributed by atoms with Gasteiger partial charge in [-0.3, -0.25) is 10.1 Å². The summed E-state index contributed by atoms with van der Waals surface area (Å²) in [5, 5.41) is 20.5. The van der Waals surface area contributed by atoms with Gasteiger partial charge in [0.25, 0.3) is 11.6 Å². The Morgan fingerprint density at radius 2 is 1.86 bits per heavy atom. The lowest BCUT2D eigenvalue weighted by molar-refractivity contribution is -0.384. The molecule has 1 heterocycles. The first-order valence-electron chi connectivity index (χ1n) is 8.51. The molecule has 1 aliphatic rings. The highest BCUT2D eigenvalue weighted by Crippen LogP contribution is 2.44. The van der Waals surface area contributed by atoms with Crippen LogP contribution < -0.4 is 4.90 Å². The van der Waals surface area contributed by atoms with E-state index >= 15 is 0 Å². The molecule has 2 aromatic carbocycles. The molecule has 146 valence electrons. The van der Waals surface area contributed by atoms with Gasteiger partial charge in [-0.05, 0) is 37.1 Å². The summed E-state index contributed by atoms with van der Waals surface area (Å²) in [6, 6.07) is 7.87. The van der Waals surface area contributed by atoms with Gasteiger partial charge in [0, 0.05) is 25.1 Å². The Balaban J connectivity index is 1.85. The first kappa shape index (κ1) is 19.6. The average Bonchev–Trinajstić information content (AvgIpc) is 2.69. The van der Waals surface area contributed by atoms with Crippen molar-refractivity contribution in [1.29, 1.82) is 5.26 Å². The van der Waals surface area contributed by atoms with E-state index < -0.39 is 34.0 Å². The zero-order valence-electron chi connectivity index (χ0n) is 14.5. The molecule has 1 fully saturated rings. The van der Waals surface area contributed by atoms with E-state index in [9.17, 15) is 32.9 Å². The molecule has 5 nitrogen and oxygen atoms in total. The molecule has 0 amide bonds. The third kappa shape index (κ3) is 3.50. The normalized spacial score (nSPS) is 15.3. The van der Waals surface area contributed by atoms with Crippen LogP contribution in [0.3, 0.4) is 0 Å². The number of rotatable bonds is 4. The molecule has 9 heteroatoms. The third-order valence-electron chi connectivity index (χ3n) is 4.94. The molecule has 28 heavy (non-hydrogen) atoms. The van der Waals surface area contributed by atoms with Crippen molar-refractivity contribution < 1.29 is 22.5 Å². The highest BCUT2D eigenvalue weighted by molar-refractivity contribution is 5.71. The Labute approximate surface area is 158 Å². The summed E-state index contributed by atoms with van der Waals surface area (Å²) in [5.41, 5.74) is -1.10. The Bertz CT molecular complexity index is 951. The fourth-order valence-corrected chi connectivity index (χ4v) is 3.54. The second-order valence-electron chi connectivity index (χ2n) is 6.55. The number of nitrogens with zero attached hydrogens (tertiary/aromatic N) is 3. The minimum atomic E-state index is -3.58. The van der Waals surface area contributed by atoms with Crippen molar-refractivity contribution in [3.05, 3.63) is 69.3 Å². The Morgan fingerprint density at radius 3 is 2.46 bits per heavy atom. The molecule has 0 aromatic heterocycles. The van der Waals surface area contributed by atoms with Gasteiger partial charge in [-0.25, -0.2) is 17.6 Å². The highest BCUT2D eigenvalue weighted by atomic mass is 19.3. The van der Waals surface area contributed by atoms with E-state index in [-0.39, 0.29) is 42.9 Å². The maximum absolute atomic E-state index is 14.8. The number of benzene rings is 2. The summed E-state index contributed by atoms with van der Waals surface area (Å²) in [7, 11) is 0. The predicted octanol–water partition coefficient (Wildman–Crippen LogP) is 4.75. The lowest BCUT2D eigenvalue weighted by Gasteiger charge is -2.37. The Hall–Kier alpha value is -3.15. The second-order valence-corrected chi connectivity index (χ2v) is 6.55. The number of halogens is 4. The van der Waals surface area contributed by atoms with Crippen molar-refractivity contribution in [2.45, 2.75) is 18.8 Å². The van der Waals surface area contributed by atoms with Crippen molar-refractivity contribution in [3.63, 3.8) is 0 Å². The summed E-state index contributed by atoms with van der Waals surface area (Å²) < 4.78 is 56.7. The summed E-state index contributed by atoms with van der Waals surface area (Å²) in [5.74, 6) is -6.97. The van der Waals surface area contributed by atoms with Crippen LogP contribution in [0.4, 0.5) is 28.9 Å². The molecular weight excluding hydrogens is 378 g/mol. The molecule has 0 unspecified atom stereocenters. The molecule has 3 rings (SSSR count). The number of nitro groups is 1. The van der Waals surface area contributed by atoms with Gasteiger partial charge >= 0.3 is 0 Å². The van der Waals surface area contributed by atoms with E-state index in [1.165, 1.54) is 23.1 Å². The van der Waals surface area contributed by atoms with Gasteiger partial charge in [0.05, 0.1) is 16.1 Å². The summed E-state index contributed by atoms with van der Waals surface area (Å²) in [6.07, 6.45) is -0.195. The molecule has 1 saturated heterocycles. The van der Waals surface area contributed by atoms with Gasteiger partial charge in [0.2, 0.25) is 0 Å². The van der Waals surface area contributed by atoms with Crippen LogP contribution in [0, 0.1) is 39.0 Å². The van der Waals surface area contributed by atoms with E-state index in [2.05, 4.69) is 0 Å². The van der Waals surface area contributed by atoms with E-state index in [1.807, 2.05) is 6.07 Å². The molecule has 1 aliphatic heterocycles. The molecule has 0 atom stereocenters. The second kappa shape index (κ2) is 7.46. The van der Waals surface area contributed by atoms with Crippen molar-refractivity contribution >= 4 is 11.4 Å². The molecule has 0 spiro atoms. The predicted molar refractivity (Wildman–Crippen MR) is 93.0 cm³/mol. The molecule has 0 saturated carbocycles. The van der Waals surface area contributed by atoms with Crippen molar-refractivity contribution in [1.82, 2.24) is 0 Å². The summed E-state index contributed by atoms with van der Waals surface area (Å²) in [6.45, 7) is 0.0491. The molecular formula is C19H15F4N3O2. The van der Waals surface area contributed by atoms with Gasteiger partial charge in [-0.15, -0.1) is 0 Å². The highest BCUT2D eigenvalue weighted by Gasteiger charge is 2.45. The fourth-order valence-electron chi connectivity index (χ4n) is 3.54. The number of hydrogen-bond donors (Lipinski definition) is 0. The SMILES string of the molecule is N#Cc1cccc([N+](=O)[O-])c1N1CCC(C(F)(F)c2cc(F)ccc2F)CC1. The standard InChI is InChI=1S/C19H15F4N3O2/c20-14-4-5-16(21)15(10-14)19(22,23)13-6-8-25(9-7-13)18-12(11-24)2-1-3-17(18)26(27)28/h1-5,10,13H,6-9H2. The number of para-hydroxylation sites is 1. The van der Waals surface area contributed by atoms with Gasteiger partial charge in [-0.2, -0.15) is 5.26 Å². The van der Waals surface area contributed by atoms with Gasteiger partial charge in [-0.1, -0.05) is 6.07 Å². The van der Waals surface area contributed by atoms with Crippen LogP contribution in [-0.2, 0) is 5.92 Å². The molecule has 0 aliphatic carbocycles. The van der Waals surface area contributed by atoms with Crippen LogP contribution in [0.5, 0.6) is 0 Å². The maximum Gasteiger partial charge on any atom is 0.293 e. The monoisotopic (exact) mass is 393 g/mol. The van der Waals surface area contributed by atoms with E-state index in [4.69, 9.17) is 0 Å². The fraction of sp³-hybridized carbons (Fsp3) is 0.316. The van der Waals surface area contributed by atoms with Gasteiger partial charge < -0.3 is 4.90 Å². The Kier molecular flexibility index (Phi) is 5.23. The smallest absolute Gasteiger partial charge is 0.293 e. The van der Waals surface area contributed by atoms with Crippen molar-refractivity contribution in [2.24, 2.45) is 5.92 Å². The van der Waals surface area contributed by atoms with Gasteiger partial charge in [0.1, 0.15) is 23.4 Å². The van der Waals surface area contributed by atoms with Crippen LogP contribution in [0.15, 0.2) is 36.4 Å². The molecule has 0 N–H and O–H groups in total. The first-order chi connectivity index (χ1) is 13.3. The van der Waals surface area contributed by atoms with Gasteiger partial charge in [0.15, 0.2) is 0 Å². The molecule has 2 aromatic rings. The zero-order chi connectivity index (χ0) is 20.5. The third-order valence-corrected chi connectivity index (χ3v) is 4.94. The van der Waals surface area contributed by atoms with Crippen molar-refractivity contribution in [3.8, 4) is 6.07 Å². The molecule has 0 bridgehead atoms. The first-order valence-corrected chi connectivity index (χ1v) is 8.51. The number of nitro benzene ring substituents is 1. The molecule has 0 radical (unpaired) electrons. The Morgan fingerprint density at radius 1 is 1.18 bits per heavy atom. The largest absolute Gasteiger partial charge is 0.365 e. The maximum atomic E-state index is 14.8. The average molecular weight is 393 g/mol. The van der Waals surface area contributed by atoms with Crippen LogP contribution >= 0.6 is 0 Å². The summed E-state index contributed by atoms with van der Waals surface area (Å²) >= 11 is 0. The topological polar surface area (TPSA) is 70.2 Å². The van der Waals surface area contributed by atoms with E-state index in [0.29, 0.717) is 12.1 Å². The van der Waals surface area contributed by atoms with Crippen LogP contribution in [-0.4, -0.2) is 18.0 Å². The van der Waals surface area contributed by atoms with Crippen molar-refractivity contribution in [2.75, 3.05) is 18.0 Å². The zero-order valence-corrected chi connectivity index (χ0v) is 14.5. The minimum Gasteiger partial charge on any atom is -0.365 e. The number of piperidine rings is 1. The lowest BCUT2D eigenvalue weighted by atomic mass is 9.86. The van der Waals surface area contributed by atoms with E-state index in [0.717, 1.165) is 6.07 Å². The number of hydrogen-bond acceptors (Lipinski definition) is 4. The van der Waals surface area contributed by atoms with E-state index in [1.54, 1.807) is 0 Å². The number of alkyl halides is 2. The summed E-state index contributed by atoms with van der Waals surface area (Å²) in [4.78, 5) is 12.2. The van der Waals surface area contributed by atoms with Crippen LogP contribution in [0.1, 0.15) is 24.0 Å².